The summed E-state index contributed by atoms with van der Waals surface area (Å²) in [4.78, 5) is 9.56. The van der Waals surface area contributed by atoms with Crippen molar-refractivity contribution in [3.63, 3.8) is 0 Å². The van der Waals surface area contributed by atoms with Gasteiger partial charge in [-0.25, -0.2) is 4.39 Å². The lowest BCUT2D eigenvalue weighted by Crippen LogP contribution is -1.76. The second kappa shape index (κ2) is 5.41. The third kappa shape index (κ3) is 5.14. The van der Waals surface area contributed by atoms with Crippen LogP contribution in [0.3, 0.4) is 0 Å². The van der Waals surface area contributed by atoms with Crippen LogP contribution in [0.2, 0.25) is 0 Å². The maximum absolute atomic E-state index is 11.8. The molecule has 0 aliphatic rings. The fraction of sp³-hybridized carbons (Fsp3) is 0.500. The molecule has 0 aromatic carbocycles. The zero-order chi connectivity index (χ0) is 7.11. The summed E-state index contributed by atoms with van der Waals surface area (Å²) in [6.45, 7) is -0.470. The number of hydrogen-bond donors (Lipinski definition) is 0. The quantitative estimate of drug-likeness (QED) is 0.325. The number of alkyl halides is 1. The van der Waals surface area contributed by atoms with Crippen LogP contribution in [-0.2, 0) is 4.79 Å². The minimum Gasteiger partial charge on any atom is -0.295 e. The normalized spacial score (nSPS) is 11.6. The van der Waals surface area contributed by atoms with Gasteiger partial charge in [0.1, 0.15) is 0 Å². The summed E-state index contributed by atoms with van der Waals surface area (Å²) >= 11 is 0. The Morgan fingerprint density at radius 2 is 2.22 bits per heavy atom. The Balaban J connectivity index is 3.31. The molecule has 0 rings (SSSR count). The first kappa shape index (κ1) is 8.27. The zero-order valence-corrected chi connectivity index (χ0v) is 4.94. The topological polar surface area (TPSA) is 17.1 Å². The molecule has 0 heterocycles. The van der Waals surface area contributed by atoms with Gasteiger partial charge in [0.2, 0.25) is 0 Å². The summed E-state index contributed by atoms with van der Waals surface area (Å²) in [6.07, 6.45) is 1.76. The molecule has 0 aromatic heterocycles. The summed E-state index contributed by atoms with van der Waals surface area (Å²) < 4.78 is 23.1. The highest BCUT2D eigenvalue weighted by Crippen LogP contribution is 1.97. The van der Waals surface area contributed by atoms with Gasteiger partial charge in [-0.2, -0.15) is 0 Å². The van der Waals surface area contributed by atoms with E-state index in [0.29, 0.717) is 6.42 Å². The molecule has 0 bridgehead atoms. The van der Waals surface area contributed by atoms with Crippen molar-refractivity contribution in [1.29, 1.82) is 0 Å². The lowest BCUT2D eigenvalue weighted by Gasteiger charge is -1.84. The van der Waals surface area contributed by atoms with Crippen LogP contribution in [0.1, 0.15) is 12.8 Å². The van der Waals surface area contributed by atoms with Crippen LogP contribution in [0.15, 0.2) is 11.9 Å². The molecule has 0 atom stereocenters. The zero-order valence-electron chi connectivity index (χ0n) is 4.94. The second-order valence-corrected chi connectivity index (χ2v) is 1.54. The van der Waals surface area contributed by atoms with Crippen LogP contribution >= 0.6 is 0 Å². The average Bonchev–Trinajstić information content (AvgIpc) is 1.89. The SMILES string of the molecule is O=CC(F)=CCCCF. The molecule has 1 nitrogen and oxygen atoms in total. The van der Waals surface area contributed by atoms with Crippen LogP contribution < -0.4 is 0 Å². The van der Waals surface area contributed by atoms with Crippen LogP contribution in [0.5, 0.6) is 0 Å². The molecule has 0 radical (unpaired) electrons. The smallest absolute Gasteiger partial charge is 0.178 e. The lowest BCUT2D eigenvalue weighted by molar-refractivity contribution is -0.106. The number of carbonyl (C=O) groups excluding carboxylic acids is 1. The van der Waals surface area contributed by atoms with Crippen molar-refractivity contribution in [1.82, 2.24) is 0 Å². The number of hydrogen-bond acceptors (Lipinski definition) is 1. The second-order valence-electron chi connectivity index (χ2n) is 1.54. The van der Waals surface area contributed by atoms with Crippen molar-refractivity contribution in [3.8, 4) is 0 Å². The molecule has 0 aromatic rings. The first-order valence-electron chi connectivity index (χ1n) is 2.68. The van der Waals surface area contributed by atoms with Crippen molar-refractivity contribution in [2.24, 2.45) is 0 Å². The van der Waals surface area contributed by atoms with E-state index in [9.17, 15) is 13.6 Å². The Hall–Kier alpha value is -0.730. The molecule has 3 heteroatoms. The van der Waals surface area contributed by atoms with Gasteiger partial charge in [-0.3, -0.25) is 9.18 Å². The molecule has 0 amide bonds. The van der Waals surface area contributed by atoms with Gasteiger partial charge in [0.25, 0.3) is 0 Å². The van der Waals surface area contributed by atoms with Gasteiger partial charge in [0.05, 0.1) is 6.67 Å². The average molecular weight is 134 g/mol. The molecule has 0 saturated carbocycles. The van der Waals surface area contributed by atoms with E-state index in [4.69, 9.17) is 0 Å². The largest absolute Gasteiger partial charge is 0.295 e. The molecule has 52 valence electrons. The minimum absolute atomic E-state index is 0.109. The first-order chi connectivity index (χ1) is 4.31. The van der Waals surface area contributed by atoms with Gasteiger partial charge in [0.15, 0.2) is 12.1 Å². The number of aldehydes is 1. The molecule has 0 saturated heterocycles. The fourth-order valence-corrected chi connectivity index (χ4v) is 0.365. The Bertz CT molecular complexity index is 110. The molecule has 9 heavy (non-hydrogen) atoms. The van der Waals surface area contributed by atoms with Crippen molar-refractivity contribution in [3.05, 3.63) is 11.9 Å². The third-order valence-corrected chi connectivity index (χ3v) is 0.790. The van der Waals surface area contributed by atoms with Gasteiger partial charge in [-0.05, 0) is 18.9 Å². The van der Waals surface area contributed by atoms with E-state index in [2.05, 4.69) is 0 Å². The van der Waals surface area contributed by atoms with E-state index in [1.165, 1.54) is 0 Å². The molecule has 0 spiro atoms. The third-order valence-electron chi connectivity index (χ3n) is 0.790. The van der Waals surface area contributed by atoms with E-state index >= 15 is 0 Å². The standard InChI is InChI=1S/C6H8F2O/c7-4-2-1-3-6(8)5-9/h3,5H,1-2,4H2. The Morgan fingerprint density at radius 1 is 1.56 bits per heavy atom. The number of carbonyl (C=O) groups is 1. The van der Waals surface area contributed by atoms with E-state index < -0.39 is 12.5 Å². The van der Waals surface area contributed by atoms with E-state index in [0.717, 1.165) is 6.08 Å². The van der Waals surface area contributed by atoms with Crippen LogP contribution in [0.4, 0.5) is 8.78 Å². The number of unbranched alkanes of at least 4 members (excludes halogenated alkanes) is 1. The van der Waals surface area contributed by atoms with Crippen LogP contribution in [0.25, 0.3) is 0 Å². The molecular weight excluding hydrogens is 126 g/mol. The predicted octanol–water partition coefficient (Wildman–Crippen LogP) is 1.79. The summed E-state index contributed by atoms with van der Waals surface area (Å²) in [5, 5.41) is 0. The van der Waals surface area contributed by atoms with E-state index in [-0.39, 0.29) is 12.7 Å². The maximum atomic E-state index is 11.8. The molecule has 0 fully saturated rings. The fourth-order valence-electron chi connectivity index (χ4n) is 0.365. The summed E-state index contributed by atoms with van der Waals surface area (Å²) in [6, 6.07) is 0. The van der Waals surface area contributed by atoms with Gasteiger partial charge < -0.3 is 0 Å². The van der Waals surface area contributed by atoms with Gasteiger partial charge >= 0.3 is 0 Å². The van der Waals surface area contributed by atoms with Crippen LogP contribution in [-0.4, -0.2) is 13.0 Å². The molecule has 0 aliphatic carbocycles. The van der Waals surface area contributed by atoms with Crippen molar-refractivity contribution in [2.75, 3.05) is 6.67 Å². The van der Waals surface area contributed by atoms with Crippen LogP contribution in [0, 0.1) is 0 Å². The summed E-state index contributed by atoms with van der Waals surface area (Å²) in [7, 11) is 0. The first-order valence-corrected chi connectivity index (χ1v) is 2.68. The number of rotatable bonds is 4. The summed E-state index contributed by atoms with van der Waals surface area (Å²) in [5.41, 5.74) is 0. The van der Waals surface area contributed by atoms with Gasteiger partial charge in [-0.15, -0.1) is 0 Å². The van der Waals surface area contributed by atoms with Crippen molar-refractivity contribution >= 4 is 6.29 Å². The highest BCUT2D eigenvalue weighted by molar-refractivity contribution is 5.69. The highest BCUT2D eigenvalue weighted by atomic mass is 19.1. The van der Waals surface area contributed by atoms with E-state index in [1.807, 2.05) is 0 Å². The lowest BCUT2D eigenvalue weighted by atomic mass is 10.3. The number of halogens is 2. The van der Waals surface area contributed by atoms with E-state index in [1.54, 1.807) is 0 Å². The molecule has 0 unspecified atom stereocenters. The Labute approximate surface area is 52.4 Å². The van der Waals surface area contributed by atoms with Crippen molar-refractivity contribution < 1.29 is 13.6 Å². The molecule has 0 aliphatic heterocycles. The number of allylic oxidation sites excluding steroid dienone is 2. The maximum Gasteiger partial charge on any atom is 0.178 e. The Morgan fingerprint density at radius 3 is 2.67 bits per heavy atom. The summed E-state index contributed by atoms with van der Waals surface area (Å²) in [5.74, 6) is -0.816. The van der Waals surface area contributed by atoms with Crippen molar-refractivity contribution in [2.45, 2.75) is 12.8 Å². The van der Waals surface area contributed by atoms with Gasteiger partial charge in [0, 0.05) is 0 Å². The Kier molecular flexibility index (Phi) is 4.97. The van der Waals surface area contributed by atoms with Gasteiger partial charge in [-0.1, -0.05) is 0 Å². The minimum atomic E-state index is -0.816. The predicted molar refractivity (Wildman–Crippen MR) is 30.5 cm³/mol. The molecule has 0 N–H and O–H groups in total. The molecular formula is C6H8F2O. The highest BCUT2D eigenvalue weighted by Gasteiger charge is 1.87. The monoisotopic (exact) mass is 134 g/mol.